The summed E-state index contributed by atoms with van der Waals surface area (Å²) in [6, 6.07) is 5.24. The first-order chi connectivity index (χ1) is 8.22. The number of nitrogens with zero attached hydrogens (tertiary/aromatic N) is 2. The molecule has 2 atom stereocenters. The first-order valence-electron chi connectivity index (χ1n) is 5.49. The molecular formula is C12H15N3O2. The molecule has 2 unspecified atom stereocenters. The fourth-order valence-electron chi connectivity index (χ4n) is 1.72. The molecule has 2 aromatic rings. The van der Waals surface area contributed by atoms with E-state index in [9.17, 15) is 10.2 Å². The number of nitrogens with two attached hydrogens (primary N) is 1. The van der Waals surface area contributed by atoms with Crippen LogP contribution in [0, 0.1) is 0 Å². The van der Waals surface area contributed by atoms with E-state index >= 15 is 0 Å². The van der Waals surface area contributed by atoms with E-state index in [1.807, 2.05) is 0 Å². The lowest BCUT2D eigenvalue weighted by Gasteiger charge is -2.17. The molecule has 0 bridgehead atoms. The summed E-state index contributed by atoms with van der Waals surface area (Å²) in [6.07, 6.45) is 1.77. The molecule has 0 spiro atoms. The van der Waals surface area contributed by atoms with Gasteiger partial charge in [-0.2, -0.15) is 0 Å². The molecule has 5 heteroatoms. The van der Waals surface area contributed by atoms with Crippen LogP contribution in [-0.4, -0.2) is 32.8 Å². The van der Waals surface area contributed by atoms with Crippen molar-refractivity contribution in [3.05, 3.63) is 36.2 Å². The molecule has 17 heavy (non-hydrogen) atoms. The van der Waals surface area contributed by atoms with Gasteiger partial charge in [-0.05, 0) is 30.7 Å². The number of benzene rings is 1. The Hall–Kier alpha value is -1.56. The first kappa shape index (κ1) is 11.9. The second-order valence-corrected chi connectivity index (χ2v) is 3.89. The molecule has 0 aliphatic heterocycles. The number of rotatable bonds is 4. The van der Waals surface area contributed by atoms with Gasteiger partial charge in [0.05, 0.1) is 17.1 Å². The highest BCUT2D eigenvalue weighted by molar-refractivity contribution is 5.74. The highest BCUT2D eigenvalue weighted by Gasteiger charge is 2.17. The first-order valence-corrected chi connectivity index (χ1v) is 5.49. The Morgan fingerprint density at radius 3 is 2.53 bits per heavy atom. The minimum absolute atomic E-state index is 0.339. The zero-order valence-corrected chi connectivity index (χ0v) is 9.32. The normalized spacial score (nSPS) is 14.8. The molecule has 5 nitrogen and oxygen atoms in total. The molecule has 0 saturated heterocycles. The van der Waals surface area contributed by atoms with Gasteiger partial charge in [0.2, 0.25) is 0 Å². The number of aliphatic hydroxyl groups excluding tert-OH is 2. The van der Waals surface area contributed by atoms with Crippen molar-refractivity contribution in [2.24, 2.45) is 5.73 Å². The second kappa shape index (κ2) is 5.18. The fourth-order valence-corrected chi connectivity index (χ4v) is 1.72. The molecule has 2 rings (SSSR count). The Morgan fingerprint density at radius 2 is 1.82 bits per heavy atom. The second-order valence-electron chi connectivity index (χ2n) is 3.89. The maximum Gasteiger partial charge on any atom is 0.105 e. The zero-order valence-electron chi connectivity index (χ0n) is 9.32. The molecule has 0 radical (unpaired) electrons. The topological polar surface area (TPSA) is 92.3 Å². The van der Waals surface area contributed by atoms with Crippen LogP contribution in [0.15, 0.2) is 30.6 Å². The summed E-state index contributed by atoms with van der Waals surface area (Å²) in [5.41, 5.74) is 7.43. The number of hydrogen-bond acceptors (Lipinski definition) is 5. The van der Waals surface area contributed by atoms with Crippen molar-refractivity contribution in [3.63, 3.8) is 0 Å². The summed E-state index contributed by atoms with van der Waals surface area (Å²) in [7, 11) is 0. The van der Waals surface area contributed by atoms with E-state index in [0.717, 1.165) is 5.52 Å². The van der Waals surface area contributed by atoms with E-state index in [0.29, 0.717) is 24.0 Å². The predicted molar refractivity (Wildman–Crippen MR) is 64.2 cm³/mol. The third-order valence-corrected chi connectivity index (χ3v) is 2.66. The lowest BCUT2D eigenvalue weighted by Crippen LogP contribution is -2.21. The van der Waals surface area contributed by atoms with E-state index in [1.54, 1.807) is 30.6 Å². The molecule has 0 aliphatic carbocycles. The third kappa shape index (κ3) is 2.58. The molecule has 1 aromatic heterocycles. The van der Waals surface area contributed by atoms with Crippen LogP contribution in [0.5, 0.6) is 0 Å². The van der Waals surface area contributed by atoms with Crippen molar-refractivity contribution in [1.82, 2.24) is 9.97 Å². The van der Waals surface area contributed by atoms with Gasteiger partial charge in [-0.3, -0.25) is 9.97 Å². The average molecular weight is 233 g/mol. The van der Waals surface area contributed by atoms with Crippen molar-refractivity contribution in [2.45, 2.75) is 18.6 Å². The standard InChI is InChI=1S/C12H15N3O2/c13-4-3-11(16)12(17)8-1-2-9-10(7-8)15-6-5-14-9/h1-2,5-7,11-12,16-17H,3-4,13H2. The minimum Gasteiger partial charge on any atom is -0.390 e. The highest BCUT2D eigenvalue weighted by Crippen LogP contribution is 2.21. The molecular weight excluding hydrogens is 218 g/mol. The lowest BCUT2D eigenvalue weighted by atomic mass is 10.0. The van der Waals surface area contributed by atoms with Crippen molar-refractivity contribution in [2.75, 3.05) is 6.54 Å². The Kier molecular flexibility index (Phi) is 3.63. The van der Waals surface area contributed by atoms with Gasteiger partial charge in [0.25, 0.3) is 0 Å². The number of fused-ring (bicyclic) bond motifs is 1. The summed E-state index contributed by atoms with van der Waals surface area (Å²) in [5.74, 6) is 0. The van der Waals surface area contributed by atoms with Crippen molar-refractivity contribution >= 4 is 11.0 Å². The van der Waals surface area contributed by atoms with Crippen LogP contribution in [0.25, 0.3) is 11.0 Å². The SMILES string of the molecule is NCCC(O)C(O)c1ccc2nccnc2c1. The van der Waals surface area contributed by atoms with Crippen molar-refractivity contribution < 1.29 is 10.2 Å². The van der Waals surface area contributed by atoms with Crippen LogP contribution in [0.3, 0.4) is 0 Å². The van der Waals surface area contributed by atoms with Gasteiger partial charge < -0.3 is 15.9 Å². The van der Waals surface area contributed by atoms with E-state index in [1.165, 1.54) is 0 Å². The Bertz CT molecular complexity index is 504. The molecule has 0 fully saturated rings. The Balaban J connectivity index is 2.29. The summed E-state index contributed by atoms with van der Waals surface area (Å²) < 4.78 is 0. The number of hydrogen-bond donors (Lipinski definition) is 3. The van der Waals surface area contributed by atoms with Gasteiger partial charge in [0.1, 0.15) is 6.10 Å². The summed E-state index contributed by atoms with van der Waals surface area (Å²) in [5, 5.41) is 19.6. The molecule has 4 N–H and O–H groups in total. The van der Waals surface area contributed by atoms with E-state index in [-0.39, 0.29) is 0 Å². The zero-order chi connectivity index (χ0) is 12.3. The van der Waals surface area contributed by atoms with Crippen LogP contribution < -0.4 is 5.73 Å². The van der Waals surface area contributed by atoms with Gasteiger partial charge in [-0.15, -0.1) is 0 Å². The fraction of sp³-hybridized carbons (Fsp3) is 0.333. The lowest BCUT2D eigenvalue weighted by molar-refractivity contribution is 0.0151. The molecule has 0 amide bonds. The van der Waals surface area contributed by atoms with Crippen LogP contribution in [0.1, 0.15) is 18.1 Å². The van der Waals surface area contributed by atoms with E-state index < -0.39 is 12.2 Å². The molecule has 1 heterocycles. The van der Waals surface area contributed by atoms with E-state index in [4.69, 9.17) is 5.73 Å². The minimum atomic E-state index is -0.940. The summed E-state index contributed by atoms with van der Waals surface area (Å²) in [4.78, 5) is 8.29. The van der Waals surface area contributed by atoms with Gasteiger partial charge >= 0.3 is 0 Å². The monoisotopic (exact) mass is 233 g/mol. The summed E-state index contributed by atoms with van der Waals surface area (Å²) >= 11 is 0. The van der Waals surface area contributed by atoms with Gasteiger partial charge in [0, 0.05) is 12.4 Å². The largest absolute Gasteiger partial charge is 0.390 e. The smallest absolute Gasteiger partial charge is 0.105 e. The Labute approximate surface area is 98.9 Å². The van der Waals surface area contributed by atoms with Crippen molar-refractivity contribution in [1.29, 1.82) is 0 Å². The average Bonchev–Trinajstić information content (AvgIpc) is 2.37. The molecule has 90 valence electrons. The van der Waals surface area contributed by atoms with Gasteiger partial charge in [-0.25, -0.2) is 0 Å². The number of aliphatic hydroxyl groups is 2. The summed E-state index contributed by atoms with van der Waals surface area (Å²) in [6.45, 7) is 0.339. The maximum absolute atomic E-state index is 9.93. The van der Waals surface area contributed by atoms with Crippen LogP contribution in [0.4, 0.5) is 0 Å². The van der Waals surface area contributed by atoms with Crippen LogP contribution in [0.2, 0.25) is 0 Å². The Morgan fingerprint density at radius 1 is 1.12 bits per heavy atom. The third-order valence-electron chi connectivity index (χ3n) is 2.66. The van der Waals surface area contributed by atoms with Gasteiger partial charge in [0.15, 0.2) is 0 Å². The highest BCUT2D eigenvalue weighted by atomic mass is 16.3. The molecule has 0 aliphatic rings. The predicted octanol–water partition coefficient (Wildman–Crippen LogP) is 0.373. The molecule has 1 aromatic carbocycles. The quantitative estimate of drug-likeness (QED) is 0.709. The van der Waals surface area contributed by atoms with Gasteiger partial charge in [-0.1, -0.05) is 6.07 Å². The number of aromatic nitrogens is 2. The van der Waals surface area contributed by atoms with Crippen molar-refractivity contribution in [3.8, 4) is 0 Å². The van der Waals surface area contributed by atoms with Crippen LogP contribution >= 0.6 is 0 Å². The maximum atomic E-state index is 9.93. The van der Waals surface area contributed by atoms with E-state index in [2.05, 4.69) is 9.97 Å². The van der Waals surface area contributed by atoms with Crippen LogP contribution in [-0.2, 0) is 0 Å². The molecule has 0 saturated carbocycles.